The van der Waals surface area contributed by atoms with Crippen molar-refractivity contribution >= 4 is 18.5 Å². The molecule has 0 unspecified atom stereocenters. The number of ether oxygens (including phenoxy) is 1. The van der Waals surface area contributed by atoms with E-state index < -0.39 is 5.60 Å². The van der Waals surface area contributed by atoms with Gasteiger partial charge < -0.3 is 15.0 Å². The molecule has 1 atom stereocenters. The molecule has 1 aliphatic rings. The van der Waals surface area contributed by atoms with E-state index in [9.17, 15) is 4.79 Å². The summed E-state index contributed by atoms with van der Waals surface area (Å²) in [7, 11) is 0. The summed E-state index contributed by atoms with van der Waals surface area (Å²) in [4.78, 5) is 13.9. The molecule has 0 radical (unpaired) electrons. The molecular formula is C13H27ClN2O2. The summed E-state index contributed by atoms with van der Waals surface area (Å²) in [6.45, 7) is 10.4. The number of nitrogens with one attached hydrogen (secondary N) is 1. The molecule has 5 heteroatoms. The van der Waals surface area contributed by atoms with Gasteiger partial charge in [0.2, 0.25) is 0 Å². The van der Waals surface area contributed by atoms with Crippen LogP contribution in [0, 0.1) is 0 Å². The van der Waals surface area contributed by atoms with Gasteiger partial charge in [0.25, 0.3) is 0 Å². The van der Waals surface area contributed by atoms with E-state index in [2.05, 4.69) is 12.2 Å². The molecule has 1 saturated heterocycles. The Labute approximate surface area is 117 Å². The summed E-state index contributed by atoms with van der Waals surface area (Å²) in [6.07, 6.45) is 3.22. The molecule has 1 N–H and O–H groups in total. The predicted octanol–water partition coefficient (Wildman–Crippen LogP) is 2.81. The highest BCUT2D eigenvalue weighted by Crippen LogP contribution is 2.16. The number of carbonyl (C=O) groups excluding carboxylic acids is 1. The van der Waals surface area contributed by atoms with Gasteiger partial charge in [0.15, 0.2) is 0 Å². The van der Waals surface area contributed by atoms with Gasteiger partial charge in [-0.05, 0) is 27.2 Å². The van der Waals surface area contributed by atoms with Gasteiger partial charge in [-0.15, -0.1) is 12.4 Å². The number of piperazine rings is 1. The van der Waals surface area contributed by atoms with Gasteiger partial charge in [-0.25, -0.2) is 4.79 Å². The SMILES string of the molecule is CCCC[C@H]1CNCCN1C(=O)OC(C)(C)C.Cl. The molecule has 1 heterocycles. The highest BCUT2D eigenvalue weighted by Gasteiger charge is 2.29. The standard InChI is InChI=1S/C13H26N2O2.ClH/c1-5-6-7-11-10-14-8-9-15(11)12(16)17-13(2,3)4;/h11,14H,5-10H2,1-4H3;1H/t11-;/m0./s1. The number of hydrogen-bond donors (Lipinski definition) is 1. The molecule has 0 aromatic rings. The first kappa shape index (κ1) is 17.5. The van der Waals surface area contributed by atoms with E-state index in [0.29, 0.717) is 6.04 Å². The molecule has 0 bridgehead atoms. The van der Waals surface area contributed by atoms with Crippen LogP contribution in [-0.4, -0.2) is 42.3 Å². The second-order valence-corrected chi connectivity index (χ2v) is 5.67. The lowest BCUT2D eigenvalue weighted by Crippen LogP contribution is -2.54. The van der Waals surface area contributed by atoms with E-state index in [1.807, 2.05) is 25.7 Å². The highest BCUT2D eigenvalue weighted by atomic mass is 35.5. The van der Waals surface area contributed by atoms with Crippen LogP contribution >= 0.6 is 12.4 Å². The number of rotatable bonds is 3. The van der Waals surface area contributed by atoms with Gasteiger partial charge in [-0.2, -0.15) is 0 Å². The van der Waals surface area contributed by atoms with Crippen molar-refractivity contribution < 1.29 is 9.53 Å². The summed E-state index contributed by atoms with van der Waals surface area (Å²) in [5.41, 5.74) is -0.405. The Morgan fingerprint density at radius 1 is 1.44 bits per heavy atom. The van der Waals surface area contributed by atoms with Gasteiger partial charge >= 0.3 is 6.09 Å². The van der Waals surface area contributed by atoms with Crippen molar-refractivity contribution in [1.82, 2.24) is 10.2 Å². The van der Waals surface area contributed by atoms with Crippen LogP contribution in [0.25, 0.3) is 0 Å². The zero-order chi connectivity index (χ0) is 12.9. The molecule has 1 fully saturated rings. The van der Waals surface area contributed by atoms with Gasteiger partial charge in [-0.1, -0.05) is 19.8 Å². The van der Waals surface area contributed by atoms with E-state index in [1.54, 1.807) is 0 Å². The molecule has 108 valence electrons. The Kier molecular flexibility index (Phi) is 7.64. The first-order chi connectivity index (χ1) is 7.94. The first-order valence-corrected chi connectivity index (χ1v) is 6.64. The Morgan fingerprint density at radius 2 is 2.11 bits per heavy atom. The zero-order valence-corrected chi connectivity index (χ0v) is 12.8. The maximum absolute atomic E-state index is 12.1. The van der Waals surface area contributed by atoms with Crippen molar-refractivity contribution in [3.63, 3.8) is 0 Å². The van der Waals surface area contributed by atoms with Gasteiger partial charge in [0.1, 0.15) is 5.60 Å². The summed E-state index contributed by atoms with van der Waals surface area (Å²) < 4.78 is 5.45. The first-order valence-electron chi connectivity index (χ1n) is 6.64. The third-order valence-corrected chi connectivity index (χ3v) is 2.87. The van der Waals surface area contributed by atoms with Gasteiger partial charge in [-0.3, -0.25) is 0 Å². The number of nitrogens with zero attached hydrogens (tertiary/aromatic N) is 1. The zero-order valence-electron chi connectivity index (χ0n) is 12.0. The summed E-state index contributed by atoms with van der Waals surface area (Å²) in [6, 6.07) is 0.290. The molecular weight excluding hydrogens is 252 g/mol. The molecule has 0 saturated carbocycles. The average molecular weight is 279 g/mol. The van der Waals surface area contributed by atoms with Gasteiger partial charge in [0.05, 0.1) is 0 Å². The summed E-state index contributed by atoms with van der Waals surface area (Å²) in [5, 5.41) is 3.34. The van der Waals surface area contributed by atoms with Crippen LogP contribution in [0.15, 0.2) is 0 Å². The largest absolute Gasteiger partial charge is 0.444 e. The fourth-order valence-corrected chi connectivity index (χ4v) is 2.02. The quantitative estimate of drug-likeness (QED) is 0.863. The van der Waals surface area contributed by atoms with E-state index >= 15 is 0 Å². The third kappa shape index (κ3) is 5.91. The predicted molar refractivity (Wildman–Crippen MR) is 76.4 cm³/mol. The fourth-order valence-electron chi connectivity index (χ4n) is 2.02. The molecule has 0 aromatic carbocycles. The lowest BCUT2D eigenvalue weighted by Gasteiger charge is -2.37. The summed E-state index contributed by atoms with van der Waals surface area (Å²) in [5.74, 6) is 0. The highest BCUT2D eigenvalue weighted by molar-refractivity contribution is 5.85. The van der Waals surface area contributed by atoms with Crippen molar-refractivity contribution in [2.24, 2.45) is 0 Å². The normalized spacial score (nSPS) is 20.2. The molecule has 0 spiro atoms. The number of amides is 1. The molecule has 4 nitrogen and oxygen atoms in total. The minimum Gasteiger partial charge on any atom is -0.444 e. The Bertz CT molecular complexity index is 254. The van der Waals surface area contributed by atoms with E-state index in [0.717, 1.165) is 32.5 Å². The third-order valence-electron chi connectivity index (χ3n) is 2.87. The summed E-state index contributed by atoms with van der Waals surface area (Å²) >= 11 is 0. The minimum absolute atomic E-state index is 0. The molecule has 0 aromatic heterocycles. The molecule has 18 heavy (non-hydrogen) atoms. The van der Waals surface area contributed by atoms with E-state index in [4.69, 9.17) is 4.74 Å². The Balaban J connectivity index is 0.00000289. The Morgan fingerprint density at radius 3 is 2.67 bits per heavy atom. The second kappa shape index (κ2) is 7.85. The number of hydrogen-bond acceptors (Lipinski definition) is 3. The van der Waals surface area contributed by atoms with Crippen LogP contribution in [-0.2, 0) is 4.74 Å². The monoisotopic (exact) mass is 278 g/mol. The van der Waals surface area contributed by atoms with Crippen LogP contribution in [0.2, 0.25) is 0 Å². The second-order valence-electron chi connectivity index (χ2n) is 5.67. The Hall–Kier alpha value is -0.480. The molecule has 1 rings (SSSR count). The lowest BCUT2D eigenvalue weighted by atomic mass is 10.1. The van der Waals surface area contributed by atoms with E-state index in [-0.39, 0.29) is 18.5 Å². The number of halogens is 1. The van der Waals surface area contributed by atoms with Gasteiger partial charge in [0, 0.05) is 25.7 Å². The van der Waals surface area contributed by atoms with Crippen molar-refractivity contribution in [1.29, 1.82) is 0 Å². The van der Waals surface area contributed by atoms with Crippen molar-refractivity contribution in [3.05, 3.63) is 0 Å². The number of unbranched alkanes of at least 4 members (excludes halogenated alkanes) is 1. The average Bonchev–Trinajstić information content (AvgIpc) is 2.24. The van der Waals surface area contributed by atoms with Crippen LogP contribution in [0.3, 0.4) is 0 Å². The van der Waals surface area contributed by atoms with Crippen LogP contribution in [0.1, 0.15) is 47.0 Å². The van der Waals surface area contributed by atoms with Crippen LogP contribution in [0.5, 0.6) is 0 Å². The minimum atomic E-state index is -0.405. The molecule has 1 amide bonds. The maximum Gasteiger partial charge on any atom is 0.410 e. The number of carbonyl (C=O) groups is 1. The van der Waals surface area contributed by atoms with Crippen molar-refractivity contribution in [3.8, 4) is 0 Å². The van der Waals surface area contributed by atoms with E-state index in [1.165, 1.54) is 6.42 Å². The maximum atomic E-state index is 12.1. The molecule has 1 aliphatic heterocycles. The molecule has 0 aliphatic carbocycles. The fraction of sp³-hybridized carbons (Fsp3) is 0.923. The van der Waals surface area contributed by atoms with Crippen molar-refractivity contribution in [2.75, 3.05) is 19.6 Å². The van der Waals surface area contributed by atoms with Crippen molar-refractivity contribution in [2.45, 2.75) is 58.6 Å². The smallest absolute Gasteiger partial charge is 0.410 e. The van der Waals surface area contributed by atoms with Crippen LogP contribution in [0.4, 0.5) is 4.79 Å². The lowest BCUT2D eigenvalue weighted by molar-refractivity contribution is 0.0110. The topological polar surface area (TPSA) is 41.6 Å². The van der Waals surface area contributed by atoms with Crippen LogP contribution < -0.4 is 5.32 Å².